The number of hydrazone groups is 1. The number of anilines is 2. The van der Waals surface area contributed by atoms with Crippen LogP contribution in [0.1, 0.15) is 5.56 Å². The summed E-state index contributed by atoms with van der Waals surface area (Å²) in [6.07, 6.45) is 0. The van der Waals surface area contributed by atoms with Gasteiger partial charge in [0.05, 0.1) is 26.9 Å². The zero-order valence-corrected chi connectivity index (χ0v) is 22.7. The number of azo groups is 1. The van der Waals surface area contributed by atoms with Gasteiger partial charge in [0, 0.05) is 17.7 Å². The fourth-order valence-electron chi connectivity index (χ4n) is 3.82. The average molecular weight is 610 g/mol. The third kappa shape index (κ3) is 6.08. The van der Waals surface area contributed by atoms with Crippen molar-refractivity contribution in [3.63, 3.8) is 0 Å². The lowest BCUT2D eigenvalue weighted by atomic mass is 10.2. The predicted molar refractivity (Wildman–Crippen MR) is 151 cm³/mol. The summed E-state index contributed by atoms with van der Waals surface area (Å²) in [4.78, 5) is 9.67. The molecule has 0 unspecified atom stereocenters. The highest BCUT2D eigenvalue weighted by molar-refractivity contribution is 7.86. The second kappa shape index (κ2) is 11.0. The number of nitro benzene ring substituents is 1. The van der Waals surface area contributed by atoms with E-state index in [1.807, 2.05) is 0 Å². The quantitative estimate of drug-likeness (QED) is 0.109. The van der Waals surface area contributed by atoms with Gasteiger partial charge in [0.15, 0.2) is 5.84 Å². The lowest BCUT2D eigenvalue weighted by Gasteiger charge is -2.29. The van der Waals surface area contributed by atoms with Crippen molar-refractivity contribution >= 4 is 54.5 Å². The molecule has 0 aromatic heterocycles. The molecule has 0 radical (unpaired) electrons. The topological polar surface area (TPSA) is 207 Å². The van der Waals surface area contributed by atoms with Crippen LogP contribution in [0.3, 0.4) is 0 Å². The maximum atomic E-state index is 12.5. The molecular formula is C25H19N7O8S2. The minimum absolute atomic E-state index is 0.0236. The third-order valence-electron chi connectivity index (χ3n) is 5.80. The van der Waals surface area contributed by atoms with E-state index in [-0.39, 0.29) is 27.6 Å². The Kier molecular flexibility index (Phi) is 7.40. The Hall–Kier alpha value is -5.23. The van der Waals surface area contributed by atoms with E-state index < -0.39 is 30.1 Å². The first-order valence-corrected chi connectivity index (χ1v) is 14.6. The van der Waals surface area contributed by atoms with Gasteiger partial charge in [-0.05, 0) is 54.6 Å². The minimum atomic E-state index is -4.85. The van der Waals surface area contributed by atoms with Gasteiger partial charge in [-0.3, -0.25) is 24.6 Å². The van der Waals surface area contributed by atoms with Crippen molar-refractivity contribution in [2.45, 2.75) is 9.79 Å². The van der Waals surface area contributed by atoms with Gasteiger partial charge in [0.2, 0.25) is 0 Å². The summed E-state index contributed by atoms with van der Waals surface area (Å²) in [6, 6.07) is 22.9. The molecule has 0 bridgehead atoms. The van der Waals surface area contributed by atoms with E-state index in [2.05, 4.69) is 20.8 Å². The van der Waals surface area contributed by atoms with Gasteiger partial charge < -0.3 is 0 Å². The summed E-state index contributed by atoms with van der Waals surface area (Å²) in [5, 5.41) is 26.1. The molecule has 0 spiro atoms. The number of hydrogen-bond donors (Lipinski definition) is 3. The van der Waals surface area contributed by atoms with Gasteiger partial charge in [0.1, 0.15) is 10.6 Å². The number of nitrogens with one attached hydrogen (secondary N) is 1. The van der Waals surface area contributed by atoms with Crippen LogP contribution in [0.5, 0.6) is 0 Å². The Bertz CT molecular complexity index is 1930. The summed E-state index contributed by atoms with van der Waals surface area (Å²) in [6.45, 7) is 0. The largest absolute Gasteiger partial charge is 0.296 e. The molecule has 15 nitrogen and oxygen atoms in total. The van der Waals surface area contributed by atoms with E-state index in [9.17, 15) is 31.5 Å². The van der Waals surface area contributed by atoms with Crippen molar-refractivity contribution in [1.82, 2.24) is 5.43 Å². The predicted octanol–water partition coefficient (Wildman–Crippen LogP) is 4.61. The number of nitrogens with zero attached hydrogens (tertiary/aromatic N) is 6. The van der Waals surface area contributed by atoms with Crippen LogP contribution < -0.4 is 15.7 Å². The van der Waals surface area contributed by atoms with Gasteiger partial charge in [-0.2, -0.15) is 37.3 Å². The molecule has 1 aliphatic rings. The summed E-state index contributed by atoms with van der Waals surface area (Å²) in [5.74, 6) is 0.312. The molecule has 1 aliphatic heterocycles. The molecule has 42 heavy (non-hydrogen) atoms. The Balaban J connectivity index is 1.53. The van der Waals surface area contributed by atoms with E-state index in [4.69, 9.17) is 4.55 Å². The fourth-order valence-corrected chi connectivity index (χ4v) is 4.99. The number of benzene rings is 4. The first kappa shape index (κ1) is 28.3. The van der Waals surface area contributed by atoms with Crippen molar-refractivity contribution in [1.29, 1.82) is 0 Å². The maximum Gasteiger partial charge on any atom is 0.296 e. The van der Waals surface area contributed by atoms with Crippen LogP contribution in [-0.2, 0) is 20.2 Å². The summed E-state index contributed by atoms with van der Waals surface area (Å²) in [7, 11) is -9.24. The lowest BCUT2D eigenvalue weighted by Crippen LogP contribution is -2.45. The molecule has 0 amide bonds. The first-order chi connectivity index (χ1) is 19.9. The lowest BCUT2D eigenvalue weighted by molar-refractivity contribution is -0.384. The first-order valence-electron chi connectivity index (χ1n) is 11.8. The molecule has 4 aromatic carbocycles. The molecule has 17 heteroatoms. The molecule has 0 atom stereocenters. The van der Waals surface area contributed by atoms with Crippen molar-refractivity contribution in [3.05, 3.63) is 113 Å². The average Bonchev–Trinajstić information content (AvgIpc) is 3.41. The van der Waals surface area contributed by atoms with E-state index in [0.29, 0.717) is 17.1 Å². The second-order valence-electron chi connectivity index (χ2n) is 8.60. The Morgan fingerprint density at radius 1 is 0.786 bits per heavy atom. The molecule has 0 fully saturated rings. The van der Waals surface area contributed by atoms with E-state index in [1.54, 1.807) is 30.3 Å². The van der Waals surface area contributed by atoms with Gasteiger partial charge in [0.25, 0.3) is 25.9 Å². The van der Waals surface area contributed by atoms with Crippen molar-refractivity contribution < 1.29 is 30.9 Å². The van der Waals surface area contributed by atoms with E-state index in [0.717, 1.165) is 18.2 Å². The number of rotatable bonds is 8. The molecule has 0 aliphatic carbocycles. The van der Waals surface area contributed by atoms with Crippen LogP contribution in [0, 0.1) is 10.1 Å². The monoisotopic (exact) mass is 609 g/mol. The highest BCUT2D eigenvalue weighted by Gasteiger charge is 2.31. The van der Waals surface area contributed by atoms with Crippen molar-refractivity contribution in [2.24, 2.45) is 15.3 Å². The van der Waals surface area contributed by atoms with E-state index >= 15 is 0 Å². The van der Waals surface area contributed by atoms with Crippen LogP contribution in [0.25, 0.3) is 0 Å². The van der Waals surface area contributed by atoms with Crippen LogP contribution >= 0.6 is 0 Å². The molecule has 214 valence electrons. The van der Waals surface area contributed by atoms with Crippen molar-refractivity contribution in [2.75, 3.05) is 10.2 Å². The number of hydrogen-bond acceptors (Lipinski definition) is 12. The van der Waals surface area contributed by atoms with Crippen LogP contribution in [0.15, 0.2) is 122 Å². The highest BCUT2D eigenvalue weighted by atomic mass is 32.2. The maximum absolute atomic E-state index is 12.5. The zero-order valence-electron chi connectivity index (χ0n) is 21.1. The highest BCUT2D eigenvalue weighted by Crippen LogP contribution is 2.34. The molecule has 4 aromatic rings. The summed E-state index contributed by atoms with van der Waals surface area (Å²) in [5.41, 5.74) is 3.96. The van der Waals surface area contributed by atoms with Crippen LogP contribution in [-0.4, -0.2) is 36.7 Å². The smallest absolute Gasteiger partial charge is 0.282 e. The SMILES string of the molecule is O=[N+]([O-])c1ccc(N2N=C(c3ccccc3)NN2c2ccc(N=Nc3ccc(S(=O)(=O)O)cc3)cc2S(=O)(=O)O)cc1. The third-order valence-corrected chi connectivity index (χ3v) is 7.55. The Morgan fingerprint density at radius 3 is 2.00 bits per heavy atom. The normalized spacial score (nSPS) is 13.7. The minimum Gasteiger partial charge on any atom is -0.282 e. The molecule has 3 N–H and O–H groups in total. The van der Waals surface area contributed by atoms with Gasteiger partial charge in [-0.15, -0.1) is 5.10 Å². The van der Waals surface area contributed by atoms with E-state index in [1.165, 1.54) is 58.8 Å². The van der Waals surface area contributed by atoms with Gasteiger partial charge >= 0.3 is 0 Å². The molecular weight excluding hydrogens is 590 g/mol. The number of non-ortho nitro benzene ring substituents is 1. The summed E-state index contributed by atoms with van der Waals surface area (Å²) < 4.78 is 66.7. The number of amidine groups is 1. The van der Waals surface area contributed by atoms with Crippen LogP contribution in [0.4, 0.5) is 28.4 Å². The molecule has 1 heterocycles. The van der Waals surface area contributed by atoms with Crippen LogP contribution in [0.2, 0.25) is 0 Å². The Morgan fingerprint density at radius 2 is 1.40 bits per heavy atom. The molecule has 0 saturated heterocycles. The number of hydrazine groups is 2. The summed E-state index contributed by atoms with van der Waals surface area (Å²) >= 11 is 0. The fraction of sp³-hybridized carbons (Fsp3) is 0. The molecule has 5 rings (SSSR count). The van der Waals surface area contributed by atoms with Gasteiger partial charge in [-0.25, -0.2) is 0 Å². The Labute approximate surface area is 238 Å². The zero-order chi connectivity index (χ0) is 30.1. The second-order valence-corrected chi connectivity index (χ2v) is 11.4. The molecule has 0 saturated carbocycles. The van der Waals surface area contributed by atoms with Gasteiger partial charge in [-0.1, -0.05) is 30.3 Å². The number of nitro groups is 1. The standard InChI is InChI=1S/C25H19N7O8S2/c33-32(34)21-11-9-20(10-12-21)30-28-25(17-4-2-1-3-5-17)29-31(30)23-15-8-19(16-24(23)42(38,39)40)27-26-18-6-13-22(14-7-18)41(35,36)37/h1-16H,(H,28,29)(H,35,36,37)(H,38,39,40). The van der Waals surface area contributed by atoms with Crippen molar-refractivity contribution in [3.8, 4) is 0 Å².